The fourth-order valence-corrected chi connectivity index (χ4v) is 3.25. The van der Waals surface area contributed by atoms with Crippen molar-refractivity contribution in [3.63, 3.8) is 0 Å². The number of nitrogens with one attached hydrogen (secondary N) is 2. The van der Waals surface area contributed by atoms with Crippen molar-refractivity contribution in [2.75, 3.05) is 0 Å². The number of carbonyl (C=O) groups excluding carboxylic acids is 2. The third-order valence-electron chi connectivity index (χ3n) is 5.06. The Kier molecular flexibility index (Phi) is 6.73. The number of amides is 2. The van der Waals surface area contributed by atoms with Crippen LogP contribution in [0.25, 0.3) is 0 Å². The van der Waals surface area contributed by atoms with Crippen LogP contribution in [0.4, 0.5) is 13.2 Å². The average Bonchev–Trinajstić information content (AvgIpc) is 2.62. The maximum atomic E-state index is 13.1. The summed E-state index contributed by atoms with van der Waals surface area (Å²) in [5, 5.41) is 0. The van der Waals surface area contributed by atoms with E-state index in [9.17, 15) is 22.8 Å². The normalized spacial score (nSPS) is 21.3. The lowest BCUT2D eigenvalue weighted by atomic mass is 9.78. The molecule has 2 N–H and O–H groups in total. The molecule has 1 aliphatic carbocycles. The standard InChI is InChI=1S/C19H25F3N2O3/c1-11-7-6-10-16(12(11)2)27-13(3)17(25)23-24-18(26)14-8-4-5-9-15(14)19(20,21)22/h6-7,10,13-15H,4-5,8-9H2,1-3H3,(H,23,25)(H,24,26). The van der Waals surface area contributed by atoms with Gasteiger partial charge in [0.25, 0.3) is 5.91 Å². The van der Waals surface area contributed by atoms with Crippen LogP contribution in [0.15, 0.2) is 18.2 Å². The van der Waals surface area contributed by atoms with Gasteiger partial charge in [0.2, 0.25) is 5.91 Å². The van der Waals surface area contributed by atoms with Gasteiger partial charge in [0.05, 0.1) is 11.8 Å². The molecule has 2 rings (SSSR count). The number of aryl methyl sites for hydroxylation is 1. The van der Waals surface area contributed by atoms with Gasteiger partial charge in [-0.05, 0) is 50.8 Å². The summed E-state index contributed by atoms with van der Waals surface area (Å²) in [4.78, 5) is 24.3. The van der Waals surface area contributed by atoms with Crippen LogP contribution in [0, 0.1) is 25.7 Å². The Morgan fingerprint density at radius 2 is 1.81 bits per heavy atom. The Hall–Kier alpha value is -2.25. The highest BCUT2D eigenvalue weighted by atomic mass is 19.4. The molecule has 0 aliphatic heterocycles. The molecule has 0 bridgehead atoms. The second-order valence-electron chi connectivity index (χ2n) is 6.98. The lowest BCUT2D eigenvalue weighted by Crippen LogP contribution is -2.51. The number of hydrogen-bond acceptors (Lipinski definition) is 3. The molecule has 0 saturated heterocycles. The van der Waals surface area contributed by atoms with Crippen LogP contribution >= 0.6 is 0 Å². The molecule has 5 nitrogen and oxygen atoms in total. The molecule has 2 amide bonds. The van der Waals surface area contributed by atoms with E-state index < -0.39 is 35.9 Å². The summed E-state index contributed by atoms with van der Waals surface area (Å²) >= 11 is 0. The zero-order valence-electron chi connectivity index (χ0n) is 15.7. The smallest absolute Gasteiger partial charge is 0.392 e. The molecule has 1 aromatic carbocycles. The number of rotatable bonds is 4. The summed E-state index contributed by atoms with van der Waals surface area (Å²) in [5.74, 6) is -3.78. The van der Waals surface area contributed by atoms with Gasteiger partial charge in [0.15, 0.2) is 6.10 Å². The van der Waals surface area contributed by atoms with Gasteiger partial charge in [-0.15, -0.1) is 0 Å². The van der Waals surface area contributed by atoms with E-state index in [1.165, 1.54) is 6.92 Å². The second kappa shape index (κ2) is 8.63. The van der Waals surface area contributed by atoms with E-state index in [2.05, 4.69) is 10.9 Å². The Morgan fingerprint density at radius 3 is 2.48 bits per heavy atom. The first-order chi connectivity index (χ1) is 12.6. The van der Waals surface area contributed by atoms with Gasteiger partial charge in [-0.1, -0.05) is 25.0 Å². The molecule has 0 spiro atoms. The van der Waals surface area contributed by atoms with Crippen molar-refractivity contribution in [1.82, 2.24) is 10.9 Å². The van der Waals surface area contributed by atoms with Crippen LogP contribution in [-0.4, -0.2) is 24.1 Å². The third kappa shape index (κ3) is 5.37. The summed E-state index contributed by atoms with van der Waals surface area (Å²) in [6, 6.07) is 5.43. The zero-order valence-corrected chi connectivity index (χ0v) is 15.7. The predicted octanol–water partition coefficient (Wildman–Crippen LogP) is 3.59. The summed E-state index contributed by atoms with van der Waals surface area (Å²) in [5.41, 5.74) is 6.19. The van der Waals surface area contributed by atoms with Gasteiger partial charge in [-0.2, -0.15) is 13.2 Å². The van der Waals surface area contributed by atoms with Crippen LogP contribution in [0.3, 0.4) is 0 Å². The Balaban J connectivity index is 1.91. The quantitative estimate of drug-likeness (QED) is 0.778. The number of carbonyl (C=O) groups is 2. The van der Waals surface area contributed by atoms with Gasteiger partial charge in [-0.25, -0.2) is 0 Å². The molecular weight excluding hydrogens is 361 g/mol. The van der Waals surface area contributed by atoms with E-state index in [0.29, 0.717) is 18.6 Å². The lowest BCUT2D eigenvalue weighted by Gasteiger charge is -2.32. The third-order valence-corrected chi connectivity index (χ3v) is 5.06. The fourth-order valence-electron chi connectivity index (χ4n) is 3.25. The second-order valence-corrected chi connectivity index (χ2v) is 6.98. The van der Waals surface area contributed by atoms with Gasteiger partial charge in [0.1, 0.15) is 5.75 Å². The average molecular weight is 386 g/mol. The molecule has 150 valence electrons. The van der Waals surface area contributed by atoms with E-state index in [4.69, 9.17) is 4.74 Å². The number of hydrogen-bond donors (Lipinski definition) is 2. The number of alkyl halides is 3. The Bertz CT molecular complexity index is 691. The van der Waals surface area contributed by atoms with Crippen LogP contribution in [0.1, 0.15) is 43.7 Å². The molecule has 8 heteroatoms. The van der Waals surface area contributed by atoms with E-state index in [0.717, 1.165) is 11.1 Å². The Labute approximate surface area is 156 Å². The highest BCUT2D eigenvalue weighted by Crippen LogP contribution is 2.41. The zero-order chi connectivity index (χ0) is 20.2. The SMILES string of the molecule is Cc1cccc(OC(C)C(=O)NNC(=O)C2CCCCC2C(F)(F)F)c1C. The maximum absolute atomic E-state index is 13.1. The number of ether oxygens (including phenoxy) is 1. The van der Waals surface area contributed by atoms with Crippen molar-refractivity contribution in [3.8, 4) is 5.75 Å². The first-order valence-electron chi connectivity index (χ1n) is 9.00. The topological polar surface area (TPSA) is 67.4 Å². The van der Waals surface area contributed by atoms with Gasteiger partial charge in [-0.3, -0.25) is 20.4 Å². The molecule has 1 fully saturated rings. The minimum absolute atomic E-state index is 0.0678. The van der Waals surface area contributed by atoms with Crippen molar-refractivity contribution < 1.29 is 27.5 Å². The number of halogens is 3. The van der Waals surface area contributed by atoms with Gasteiger partial charge >= 0.3 is 6.18 Å². The molecule has 0 radical (unpaired) electrons. The molecule has 0 heterocycles. The minimum Gasteiger partial charge on any atom is -0.481 e. The van der Waals surface area contributed by atoms with Crippen LogP contribution < -0.4 is 15.6 Å². The summed E-state index contributed by atoms with van der Waals surface area (Å²) in [6.45, 7) is 5.27. The van der Waals surface area contributed by atoms with Crippen molar-refractivity contribution in [3.05, 3.63) is 29.3 Å². The van der Waals surface area contributed by atoms with Crippen molar-refractivity contribution in [2.24, 2.45) is 11.8 Å². The summed E-state index contributed by atoms with van der Waals surface area (Å²) < 4.78 is 44.9. The van der Waals surface area contributed by atoms with Crippen LogP contribution in [0.2, 0.25) is 0 Å². The fraction of sp³-hybridized carbons (Fsp3) is 0.579. The number of hydrazine groups is 1. The largest absolute Gasteiger partial charge is 0.481 e. The molecule has 27 heavy (non-hydrogen) atoms. The molecule has 0 aromatic heterocycles. The maximum Gasteiger partial charge on any atom is 0.392 e. The highest BCUT2D eigenvalue weighted by molar-refractivity contribution is 5.85. The first kappa shape index (κ1) is 21.1. The van der Waals surface area contributed by atoms with Crippen LogP contribution in [-0.2, 0) is 9.59 Å². The van der Waals surface area contributed by atoms with Crippen molar-refractivity contribution in [2.45, 2.75) is 58.7 Å². The summed E-state index contributed by atoms with van der Waals surface area (Å²) in [6.07, 6.45) is -4.25. The van der Waals surface area contributed by atoms with E-state index >= 15 is 0 Å². The van der Waals surface area contributed by atoms with E-state index in [1.54, 1.807) is 12.1 Å². The van der Waals surface area contributed by atoms with E-state index in [1.807, 2.05) is 19.9 Å². The first-order valence-corrected chi connectivity index (χ1v) is 9.00. The van der Waals surface area contributed by atoms with Crippen LogP contribution in [0.5, 0.6) is 5.75 Å². The van der Waals surface area contributed by atoms with Crippen molar-refractivity contribution in [1.29, 1.82) is 0 Å². The molecule has 1 aromatic rings. The van der Waals surface area contributed by atoms with Gasteiger partial charge < -0.3 is 4.74 Å². The van der Waals surface area contributed by atoms with Gasteiger partial charge in [0, 0.05) is 0 Å². The lowest BCUT2D eigenvalue weighted by molar-refractivity contribution is -0.198. The minimum atomic E-state index is -4.43. The molecule has 1 saturated carbocycles. The van der Waals surface area contributed by atoms with E-state index in [-0.39, 0.29) is 12.8 Å². The molecule has 3 atom stereocenters. The highest BCUT2D eigenvalue weighted by Gasteiger charge is 2.48. The molecule has 1 aliphatic rings. The summed E-state index contributed by atoms with van der Waals surface area (Å²) in [7, 11) is 0. The monoisotopic (exact) mass is 386 g/mol. The predicted molar refractivity (Wildman–Crippen MR) is 93.8 cm³/mol. The molecular formula is C19H25F3N2O3. The van der Waals surface area contributed by atoms with Crippen molar-refractivity contribution >= 4 is 11.8 Å². The number of benzene rings is 1. The Morgan fingerprint density at radius 1 is 1.15 bits per heavy atom. The molecule has 3 unspecified atom stereocenters.